The van der Waals surface area contributed by atoms with Crippen molar-refractivity contribution in [3.8, 4) is 17.2 Å². The molecule has 0 aromatic heterocycles. The third-order valence-corrected chi connectivity index (χ3v) is 4.55. The van der Waals surface area contributed by atoms with Crippen molar-refractivity contribution >= 4 is 16.7 Å². The van der Waals surface area contributed by atoms with Gasteiger partial charge in [0.25, 0.3) is 0 Å². The molecule has 1 amide bonds. The standard InChI is InChI=1S/C24H27NO3/c1-16(2)15-27-21-8-10-22(11-9-21)28-23-7-6-19-13-18(4-5-20(19)14-23)17(3)12-24(25)26/h4-11,13-14,16-17H,12,15H2,1-3H3,(H2,25,26). The summed E-state index contributed by atoms with van der Waals surface area (Å²) in [5, 5.41) is 2.20. The molecule has 0 heterocycles. The first-order chi connectivity index (χ1) is 13.4. The van der Waals surface area contributed by atoms with Crippen molar-refractivity contribution in [1.82, 2.24) is 0 Å². The predicted molar refractivity (Wildman–Crippen MR) is 113 cm³/mol. The van der Waals surface area contributed by atoms with Gasteiger partial charge in [-0.15, -0.1) is 0 Å². The maximum Gasteiger partial charge on any atom is 0.218 e. The van der Waals surface area contributed by atoms with E-state index < -0.39 is 0 Å². The maximum atomic E-state index is 11.1. The molecule has 0 spiro atoms. The Labute approximate surface area is 166 Å². The minimum Gasteiger partial charge on any atom is -0.493 e. The van der Waals surface area contributed by atoms with Crippen LogP contribution in [0.15, 0.2) is 60.7 Å². The number of hydrogen-bond donors (Lipinski definition) is 1. The summed E-state index contributed by atoms with van der Waals surface area (Å²) in [5.74, 6) is 2.71. The lowest BCUT2D eigenvalue weighted by molar-refractivity contribution is -0.118. The van der Waals surface area contributed by atoms with Crippen LogP contribution in [0.1, 0.15) is 38.7 Å². The van der Waals surface area contributed by atoms with E-state index in [0.29, 0.717) is 18.9 Å². The zero-order chi connectivity index (χ0) is 20.1. The Balaban J connectivity index is 1.71. The second kappa shape index (κ2) is 8.79. The number of amides is 1. The topological polar surface area (TPSA) is 61.6 Å². The zero-order valence-corrected chi connectivity index (χ0v) is 16.6. The third-order valence-electron chi connectivity index (χ3n) is 4.55. The number of primary amides is 1. The van der Waals surface area contributed by atoms with Crippen molar-refractivity contribution in [3.63, 3.8) is 0 Å². The molecule has 2 N–H and O–H groups in total. The molecule has 0 radical (unpaired) electrons. The van der Waals surface area contributed by atoms with Crippen LogP contribution >= 0.6 is 0 Å². The lowest BCUT2D eigenvalue weighted by Crippen LogP contribution is -2.13. The Bertz CT molecular complexity index is 948. The van der Waals surface area contributed by atoms with Crippen molar-refractivity contribution in [2.45, 2.75) is 33.1 Å². The Morgan fingerprint density at radius 1 is 0.857 bits per heavy atom. The van der Waals surface area contributed by atoms with E-state index in [0.717, 1.165) is 33.6 Å². The highest BCUT2D eigenvalue weighted by Crippen LogP contribution is 2.29. The Morgan fingerprint density at radius 3 is 2.14 bits per heavy atom. The molecule has 4 nitrogen and oxygen atoms in total. The number of hydrogen-bond acceptors (Lipinski definition) is 3. The fraction of sp³-hybridized carbons (Fsp3) is 0.292. The predicted octanol–water partition coefficient (Wildman–Crippen LogP) is 5.65. The van der Waals surface area contributed by atoms with Crippen LogP contribution in [-0.2, 0) is 4.79 Å². The van der Waals surface area contributed by atoms with Gasteiger partial charge in [-0.05, 0) is 64.6 Å². The highest BCUT2D eigenvalue weighted by atomic mass is 16.5. The molecule has 0 aliphatic carbocycles. The Hall–Kier alpha value is -3.01. The molecule has 3 rings (SSSR count). The highest BCUT2D eigenvalue weighted by molar-refractivity contribution is 5.85. The van der Waals surface area contributed by atoms with Crippen LogP contribution in [0, 0.1) is 5.92 Å². The summed E-state index contributed by atoms with van der Waals surface area (Å²) in [6.45, 7) is 6.96. The van der Waals surface area contributed by atoms with Crippen molar-refractivity contribution < 1.29 is 14.3 Å². The molecule has 0 saturated carbocycles. The second-order valence-corrected chi connectivity index (χ2v) is 7.62. The van der Waals surface area contributed by atoms with Gasteiger partial charge in [0, 0.05) is 6.42 Å². The van der Waals surface area contributed by atoms with Gasteiger partial charge >= 0.3 is 0 Å². The van der Waals surface area contributed by atoms with Crippen molar-refractivity contribution in [3.05, 3.63) is 66.2 Å². The lowest BCUT2D eigenvalue weighted by Gasteiger charge is -2.12. The minimum absolute atomic E-state index is 0.106. The molecule has 146 valence electrons. The van der Waals surface area contributed by atoms with E-state index in [-0.39, 0.29) is 11.8 Å². The van der Waals surface area contributed by atoms with E-state index in [2.05, 4.69) is 26.0 Å². The molecule has 0 aliphatic heterocycles. The van der Waals surface area contributed by atoms with Gasteiger partial charge in [-0.1, -0.05) is 45.0 Å². The summed E-state index contributed by atoms with van der Waals surface area (Å²) in [6.07, 6.45) is 0.351. The first-order valence-electron chi connectivity index (χ1n) is 9.63. The van der Waals surface area contributed by atoms with Gasteiger partial charge < -0.3 is 15.2 Å². The van der Waals surface area contributed by atoms with Crippen molar-refractivity contribution in [2.75, 3.05) is 6.61 Å². The Kier molecular flexibility index (Phi) is 6.19. The van der Waals surface area contributed by atoms with Crippen LogP contribution in [0.3, 0.4) is 0 Å². The molecular formula is C24H27NO3. The number of fused-ring (bicyclic) bond motifs is 1. The average molecular weight is 377 g/mol. The summed E-state index contributed by atoms with van der Waals surface area (Å²) in [4.78, 5) is 11.1. The molecule has 0 saturated heterocycles. The molecular weight excluding hydrogens is 350 g/mol. The number of rotatable bonds is 8. The van der Waals surface area contributed by atoms with Gasteiger partial charge in [0.15, 0.2) is 0 Å². The molecule has 0 fully saturated rings. The molecule has 0 aliphatic rings. The fourth-order valence-corrected chi connectivity index (χ4v) is 3.03. The number of ether oxygens (including phenoxy) is 2. The molecule has 1 atom stereocenters. The third kappa shape index (κ3) is 5.26. The number of carbonyl (C=O) groups is 1. The van der Waals surface area contributed by atoms with Crippen LogP contribution in [0.2, 0.25) is 0 Å². The summed E-state index contributed by atoms with van der Waals surface area (Å²) >= 11 is 0. The average Bonchev–Trinajstić information content (AvgIpc) is 2.66. The van der Waals surface area contributed by atoms with Crippen molar-refractivity contribution in [2.24, 2.45) is 11.7 Å². The molecule has 28 heavy (non-hydrogen) atoms. The molecule has 3 aromatic rings. The summed E-state index contributed by atoms with van der Waals surface area (Å²) in [5.41, 5.74) is 6.42. The van der Waals surface area contributed by atoms with Gasteiger partial charge in [0.1, 0.15) is 17.2 Å². The van der Waals surface area contributed by atoms with Crippen LogP contribution < -0.4 is 15.2 Å². The van der Waals surface area contributed by atoms with Gasteiger partial charge in [0.05, 0.1) is 6.61 Å². The monoisotopic (exact) mass is 377 g/mol. The Morgan fingerprint density at radius 2 is 1.46 bits per heavy atom. The molecule has 0 bridgehead atoms. The summed E-state index contributed by atoms with van der Waals surface area (Å²) in [6, 6.07) is 19.9. The highest BCUT2D eigenvalue weighted by Gasteiger charge is 2.10. The summed E-state index contributed by atoms with van der Waals surface area (Å²) < 4.78 is 11.7. The van der Waals surface area contributed by atoms with E-state index in [1.54, 1.807) is 0 Å². The van der Waals surface area contributed by atoms with Gasteiger partial charge in [-0.25, -0.2) is 0 Å². The summed E-state index contributed by atoms with van der Waals surface area (Å²) in [7, 11) is 0. The second-order valence-electron chi connectivity index (χ2n) is 7.62. The van der Waals surface area contributed by atoms with Crippen LogP contribution in [0.5, 0.6) is 17.2 Å². The van der Waals surface area contributed by atoms with Crippen molar-refractivity contribution in [1.29, 1.82) is 0 Å². The van der Waals surface area contributed by atoms with Gasteiger partial charge in [-0.3, -0.25) is 4.79 Å². The number of nitrogens with two attached hydrogens (primary N) is 1. The quantitative estimate of drug-likeness (QED) is 0.552. The van der Waals surface area contributed by atoms with E-state index in [1.165, 1.54) is 0 Å². The fourth-order valence-electron chi connectivity index (χ4n) is 3.03. The number of carbonyl (C=O) groups excluding carboxylic acids is 1. The molecule has 3 aromatic carbocycles. The van der Waals surface area contributed by atoms with Crippen LogP contribution in [0.25, 0.3) is 10.8 Å². The number of benzene rings is 3. The van der Waals surface area contributed by atoms with E-state index in [9.17, 15) is 4.79 Å². The largest absolute Gasteiger partial charge is 0.493 e. The molecule has 4 heteroatoms. The van der Waals surface area contributed by atoms with Gasteiger partial charge in [-0.2, -0.15) is 0 Å². The minimum atomic E-state index is -0.281. The first-order valence-corrected chi connectivity index (χ1v) is 9.63. The maximum absolute atomic E-state index is 11.1. The SMILES string of the molecule is CC(C)COc1ccc(Oc2ccc3cc(C(C)CC(N)=O)ccc3c2)cc1. The van der Waals surface area contributed by atoms with Crippen LogP contribution in [0.4, 0.5) is 0 Å². The van der Waals surface area contributed by atoms with Crippen LogP contribution in [-0.4, -0.2) is 12.5 Å². The van der Waals surface area contributed by atoms with E-state index in [4.69, 9.17) is 15.2 Å². The molecule has 1 unspecified atom stereocenters. The van der Waals surface area contributed by atoms with Gasteiger partial charge in [0.2, 0.25) is 5.91 Å². The first kappa shape index (κ1) is 19.7. The lowest BCUT2D eigenvalue weighted by atomic mass is 9.95. The van der Waals surface area contributed by atoms with E-state index >= 15 is 0 Å². The van der Waals surface area contributed by atoms with E-state index in [1.807, 2.05) is 55.5 Å². The zero-order valence-electron chi connectivity index (χ0n) is 16.6. The normalized spacial score (nSPS) is 12.1. The smallest absolute Gasteiger partial charge is 0.218 e.